The second kappa shape index (κ2) is 6.32. The Bertz CT molecular complexity index is 867. The predicted molar refractivity (Wildman–Crippen MR) is 98.9 cm³/mol. The molecule has 0 unspecified atom stereocenters. The molecule has 2 N–H and O–H groups in total. The van der Waals surface area contributed by atoms with Gasteiger partial charge in [-0.2, -0.15) is 9.97 Å². The first-order chi connectivity index (χ1) is 11.7. The van der Waals surface area contributed by atoms with Gasteiger partial charge in [-0.1, -0.05) is 29.8 Å². The van der Waals surface area contributed by atoms with Crippen LogP contribution in [0.1, 0.15) is 24.1 Å². The third-order valence-corrected chi connectivity index (χ3v) is 4.77. The monoisotopic (exact) mass is 341 g/mol. The van der Waals surface area contributed by atoms with E-state index in [1.54, 1.807) is 0 Å². The number of hydrogen-bond donors (Lipinski definition) is 2. The van der Waals surface area contributed by atoms with E-state index in [1.165, 1.54) is 12.8 Å². The maximum Gasteiger partial charge on any atom is 0.229 e. The SMILES string of the molecule is Cc1cc2c(NCc3ccccc3Cl)nc(N3CCCC3)nc2[nH]1. The van der Waals surface area contributed by atoms with E-state index in [1.807, 2.05) is 31.2 Å². The van der Waals surface area contributed by atoms with E-state index in [4.69, 9.17) is 21.6 Å². The Morgan fingerprint density at radius 3 is 2.79 bits per heavy atom. The highest BCUT2D eigenvalue weighted by Crippen LogP contribution is 2.27. The third kappa shape index (κ3) is 2.91. The van der Waals surface area contributed by atoms with E-state index >= 15 is 0 Å². The van der Waals surface area contributed by atoms with Crippen molar-refractivity contribution in [2.45, 2.75) is 26.3 Å². The molecular weight excluding hydrogens is 322 g/mol. The minimum atomic E-state index is 0.634. The zero-order chi connectivity index (χ0) is 16.5. The largest absolute Gasteiger partial charge is 0.365 e. The number of hydrogen-bond acceptors (Lipinski definition) is 4. The number of nitrogens with zero attached hydrogens (tertiary/aromatic N) is 3. The molecule has 0 aliphatic carbocycles. The highest BCUT2D eigenvalue weighted by atomic mass is 35.5. The normalized spacial score (nSPS) is 14.5. The number of anilines is 2. The highest BCUT2D eigenvalue weighted by Gasteiger charge is 2.18. The van der Waals surface area contributed by atoms with Crippen LogP contribution in [-0.2, 0) is 6.54 Å². The van der Waals surface area contributed by atoms with E-state index in [9.17, 15) is 0 Å². The number of halogens is 1. The van der Waals surface area contributed by atoms with Crippen LogP contribution in [-0.4, -0.2) is 28.0 Å². The molecular formula is C18H20ClN5. The van der Waals surface area contributed by atoms with Crippen LogP contribution in [0.3, 0.4) is 0 Å². The topological polar surface area (TPSA) is 56.8 Å². The number of aromatic amines is 1. The zero-order valence-corrected chi connectivity index (χ0v) is 14.4. The van der Waals surface area contributed by atoms with Crippen LogP contribution in [0.2, 0.25) is 5.02 Å². The van der Waals surface area contributed by atoms with Gasteiger partial charge in [-0.3, -0.25) is 0 Å². The average Bonchev–Trinajstić information content (AvgIpc) is 3.22. The smallest absolute Gasteiger partial charge is 0.229 e. The second-order valence-electron chi connectivity index (χ2n) is 6.23. The van der Waals surface area contributed by atoms with Crippen molar-refractivity contribution in [3.8, 4) is 0 Å². The fourth-order valence-electron chi connectivity index (χ4n) is 3.14. The van der Waals surface area contributed by atoms with Gasteiger partial charge in [0.1, 0.15) is 11.5 Å². The van der Waals surface area contributed by atoms with Gasteiger partial charge in [-0.05, 0) is 37.5 Å². The molecule has 1 saturated heterocycles. The van der Waals surface area contributed by atoms with Gasteiger partial charge in [-0.25, -0.2) is 0 Å². The molecule has 0 radical (unpaired) electrons. The maximum atomic E-state index is 6.26. The fraction of sp³-hybridized carbons (Fsp3) is 0.333. The van der Waals surface area contributed by atoms with Crippen LogP contribution >= 0.6 is 11.6 Å². The number of H-pyrrole nitrogens is 1. The van der Waals surface area contributed by atoms with Crippen molar-refractivity contribution in [1.82, 2.24) is 15.0 Å². The van der Waals surface area contributed by atoms with Crippen molar-refractivity contribution in [3.05, 3.63) is 46.6 Å². The number of nitrogens with one attached hydrogen (secondary N) is 2. The van der Waals surface area contributed by atoms with Crippen LogP contribution in [0.15, 0.2) is 30.3 Å². The van der Waals surface area contributed by atoms with Gasteiger partial charge in [0, 0.05) is 30.4 Å². The molecule has 2 aromatic heterocycles. The molecule has 1 aliphatic rings. The van der Waals surface area contributed by atoms with E-state index in [2.05, 4.69) is 21.3 Å². The number of aryl methyl sites for hydroxylation is 1. The summed E-state index contributed by atoms with van der Waals surface area (Å²) in [5.41, 5.74) is 3.02. The van der Waals surface area contributed by atoms with Crippen LogP contribution < -0.4 is 10.2 Å². The molecule has 3 aromatic rings. The van der Waals surface area contributed by atoms with Gasteiger partial charge < -0.3 is 15.2 Å². The summed E-state index contributed by atoms with van der Waals surface area (Å²) in [7, 11) is 0. The molecule has 0 spiro atoms. The summed E-state index contributed by atoms with van der Waals surface area (Å²) in [5.74, 6) is 1.65. The summed E-state index contributed by atoms with van der Waals surface area (Å²) >= 11 is 6.26. The molecule has 0 amide bonds. The Kier molecular flexibility index (Phi) is 4.02. The predicted octanol–water partition coefficient (Wildman–Crippen LogP) is 4.13. The number of fused-ring (bicyclic) bond motifs is 1. The lowest BCUT2D eigenvalue weighted by Crippen LogP contribution is -2.21. The number of rotatable bonds is 4. The summed E-state index contributed by atoms with van der Waals surface area (Å²) in [4.78, 5) is 15.1. The Hall–Kier alpha value is -2.27. The molecule has 0 bridgehead atoms. The summed E-state index contributed by atoms with van der Waals surface area (Å²) in [6.07, 6.45) is 2.40. The number of aromatic nitrogens is 3. The van der Waals surface area contributed by atoms with E-state index in [0.717, 1.165) is 52.2 Å². The minimum absolute atomic E-state index is 0.634. The third-order valence-electron chi connectivity index (χ3n) is 4.40. The summed E-state index contributed by atoms with van der Waals surface area (Å²) < 4.78 is 0. The molecule has 0 saturated carbocycles. The van der Waals surface area contributed by atoms with Crippen molar-refractivity contribution >= 4 is 34.4 Å². The first kappa shape index (κ1) is 15.3. The van der Waals surface area contributed by atoms with Crippen molar-refractivity contribution < 1.29 is 0 Å². The second-order valence-corrected chi connectivity index (χ2v) is 6.63. The molecule has 1 fully saturated rings. The summed E-state index contributed by atoms with van der Waals surface area (Å²) in [6.45, 7) is 4.72. The summed E-state index contributed by atoms with van der Waals surface area (Å²) in [6, 6.07) is 9.95. The Labute approximate surface area is 146 Å². The first-order valence-electron chi connectivity index (χ1n) is 8.30. The fourth-order valence-corrected chi connectivity index (χ4v) is 3.35. The maximum absolute atomic E-state index is 6.26. The minimum Gasteiger partial charge on any atom is -0.365 e. The molecule has 4 rings (SSSR count). The molecule has 5 nitrogen and oxygen atoms in total. The lowest BCUT2D eigenvalue weighted by molar-refractivity contribution is 0.903. The molecule has 1 aliphatic heterocycles. The van der Waals surface area contributed by atoms with Crippen molar-refractivity contribution in [2.24, 2.45) is 0 Å². The van der Waals surface area contributed by atoms with E-state index in [-0.39, 0.29) is 0 Å². The summed E-state index contributed by atoms with van der Waals surface area (Å²) in [5, 5.41) is 5.22. The van der Waals surface area contributed by atoms with Gasteiger partial charge in [0.25, 0.3) is 0 Å². The van der Waals surface area contributed by atoms with Crippen LogP contribution in [0.25, 0.3) is 11.0 Å². The van der Waals surface area contributed by atoms with Crippen molar-refractivity contribution in [3.63, 3.8) is 0 Å². The quantitative estimate of drug-likeness (QED) is 0.749. The van der Waals surface area contributed by atoms with Gasteiger partial charge >= 0.3 is 0 Å². The van der Waals surface area contributed by atoms with Gasteiger partial charge in [0.05, 0.1) is 5.39 Å². The van der Waals surface area contributed by atoms with Crippen LogP contribution in [0, 0.1) is 6.92 Å². The van der Waals surface area contributed by atoms with Gasteiger partial charge in [0.15, 0.2) is 0 Å². The average molecular weight is 342 g/mol. The molecule has 24 heavy (non-hydrogen) atoms. The lowest BCUT2D eigenvalue weighted by atomic mass is 10.2. The molecule has 1 aromatic carbocycles. The van der Waals surface area contributed by atoms with Crippen LogP contribution in [0.4, 0.5) is 11.8 Å². The Morgan fingerprint density at radius 2 is 2.00 bits per heavy atom. The Morgan fingerprint density at radius 1 is 1.21 bits per heavy atom. The standard InChI is InChI=1S/C18H20ClN5/c1-12-10-14-16(20-11-13-6-2-3-7-15(13)19)22-18(23-17(14)21-12)24-8-4-5-9-24/h2-3,6-7,10H,4-5,8-9,11H2,1H3,(H2,20,21,22,23). The van der Waals surface area contributed by atoms with Crippen LogP contribution in [0.5, 0.6) is 0 Å². The van der Waals surface area contributed by atoms with E-state index in [0.29, 0.717) is 6.54 Å². The van der Waals surface area contributed by atoms with Crippen molar-refractivity contribution in [1.29, 1.82) is 0 Å². The van der Waals surface area contributed by atoms with Gasteiger partial charge in [-0.15, -0.1) is 0 Å². The van der Waals surface area contributed by atoms with E-state index < -0.39 is 0 Å². The van der Waals surface area contributed by atoms with Gasteiger partial charge in [0.2, 0.25) is 5.95 Å². The molecule has 0 atom stereocenters. The molecule has 6 heteroatoms. The van der Waals surface area contributed by atoms with Crippen molar-refractivity contribution in [2.75, 3.05) is 23.3 Å². The lowest BCUT2D eigenvalue weighted by Gasteiger charge is -2.17. The highest BCUT2D eigenvalue weighted by molar-refractivity contribution is 6.31. The molecule has 124 valence electrons. The zero-order valence-electron chi connectivity index (χ0n) is 13.6. The molecule has 3 heterocycles. The number of benzene rings is 1. The Balaban J connectivity index is 1.68. The first-order valence-corrected chi connectivity index (χ1v) is 8.68.